The number of hydrogen-bond donors (Lipinski definition) is 1. The maximum Gasteiger partial charge on any atom is 0.268 e. The van der Waals surface area contributed by atoms with Crippen LogP contribution in [-0.4, -0.2) is 44.1 Å². The van der Waals surface area contributed by atoms with Crippen molar-refractivity contribution in [1.29, 1.82) is 0 Å². The van der Waals surface area contributed by atoms with Crippen LogP contribution in [0.1, 0.15) is 6.92 Å². The lowest BCUT2D eigenvalue weighted by Gasteiger charge is -2.21. The number of aliphatic hydroxyl groups is 1. The second-order valence-electron chi connectivity index (χ2n) is 2.70. The van der Waals surface area contributed by atoms with Crippen LogP contribution < -0.4 is 0 Å². The largest absolute Gasteiger partial charge is 0.382 e. The molecule has 0 aromatic carbocycles. The Hall–Kier alpha value is -0.260. The summed E-state index contributed by atoms with van der Waals surface area (Å²) < 4.78 is 33.3. The van der Waals surface area contributed by atoms with E-state index in [1.807, 2.05) is 0 Å². The quantitative estimate of drug-likeness (QED) is 0.616. The van der Waals surface area contributed by atoms with Gasteiger partial charge in [-0.2, -0.15) is 0 Å². The fraction of sp³-hybridized carbons (Fsp3) is 1.00. The second kappa shape index (κ2) is 5.40. The molecule has 5 heteroatoms. The monoisotopic (exact) mass is 184 g/mol. The molecule has 1 atom stereocenters. The summed E-state index contributed by atoms with van der Waals surface area (Å²) in [5, 5.41) is 8.98. The number of hydrogen-bond acceptors (Lipinski definition) is 3. The van der Waals surface area contributed by atoms with Gasteiger partial charge in [0.2, 0.25) is 0 Å². The molecule has 0 saturated heterocycles. The molecule has 0 aromatic rings. The van der Waals surface area contributed by atoms with E-state index in [1.54, 1.807) is 0 Å². The Balaban J connectivity index is 3.47. The van der Waals surface area contributed by atoms with Crippen LogP contribution in [-0.2, 0) is 9.47 Å². The third-order valence-electron chi connectivity index (χ3n) is 1.30. The van der Waals surface area contributed by atoms with E-state index >= 15 is 0 Å². The van der Waals surface area contributed by atoms with Gasteiger partial charge in [-0.05, 0) is 6.92 Å². The zero-order valence-electron chi connectivity index (χ0n) is 7.22. The van der Waals surface area contributed by atoms with Crippen molar-refractivity contribution in [3.63, 3.8) is 0 Å². The molecule has 3 nitrogen and oxygen atoms in total. The highest BCUT2D eigenvalue weighted by Gasteiger charge is 2.32. The summed E-state index contributed by atoms with van der Waals surface area (Å²) in [7, 11) is 1.48. The summed E-state index contributed by atoms with van der Waals surface area (Å²) in [4.78, 5) is 0. The molecule has 0 aliphatic rings. The first-order valence-electron chi connectivity index (χ1n) is 3.58. The van der Waals surface area contributed by atoms with E-state index < -0.39 is 12.0 Å². The highest BCUT2D eigenvalue weighted by atomic mass is 19.3. The third-order valence-corrected chi connectivity index (χ3v) is 1.30. The van der Waals surface area contributed by atoms with E-state index in [1.165, 1.54) is 7.11 Å². The molecule has 1 unspecified atom stereocenters. The molecule has 0 bridgehead atoms. The molecular weight excluding hydrogens is 170 g/mol. The highest BCUT2D eigenvalue weighted by molar-refractivity contribution is 4.74. The molecule has 0 radical (unpaired) electrons. The molecule has 74 valence electrons. The van der Waals surface area contributed by atoms with E-state index in [0.29, 0.717) is 6.61 Å². The minimum absolute atomic E-state index is 0.208. The minimum Gasteiger partial charge on any atom is -0.382 e. The Bertz CT molecular complexity index is 117. The summed E-state index contributed by atoms with van der Waals surface area (Å²) in [5.41, 5.74) is -2.06. The number of ether oxygens (including phenoxy) is 2. The topological polar surface area (TPSA) is 38.7 Å². The van der Waals surface area contributed by atoms with E-state index in [2.05, 4.69) is 4.74 Å². The first-order valence-corrected chi connectivity index (χ1v) is 3.58. The van der Waals surface area contributed by atoms with Gasteiger partial charge in [0.25, 0.3) is 6.43 Å². The van der Waals surface area contributed by atoms with Gasteiger partial charge >= 0.3 is 0 Å². The molecule has 0 heterocycles. The predicted molar refractivity (Wildman–Crippen MR) is 39.3 cm³/mol. The summed E-state index contributed by atoms with van der Waals surface area (Å²) in [6, 6.07) is 0. The van der Waals surface area contributed by atoms with Crippen LogP contribution in [0.5, 0.6) is 0 Å². The van der Waals surface area contributed by atoms with Crippen molar-refractivity contribution in [2.75, 3.05) is 26.9 Å². The van der Waals surface area contributed by atoms with Crippen LogP contribution in [0.4, 0.5) is 8.78 Å². The maximum atomic E-state index is 12.0. The first kappa shape index (κ1) is 11.7. The van der Waals surface area contributed by atoms with Gasteiger partial charge in [-0.1, -0.05) is 0 Å². The van der Waals surface area contributed by atoms with Gasteiger partial charge in [-0.15, -0.1) is 0 Å². The van der Waals surface area contributed by atoms with E-state index in [4.69, 9.17) is 9.84 Å². The lowest BCUT2D eigenvalue weighted by Crippen LogP contribution is -2.39. The molecule has 0 aliphatic carbocycles. The molecule has 1 N–H and O–H groups in total. The summed E-state index contributed by atoms with van der Waals surface area (Å²) in [6.07, 6.45) is -2.79. The van der Waals surface area contributed by atoms with Crippen LogP contribution >= 0.6 is 0 Å². The zero-order chi connectivity index (χ0) is 9.61. The van der Waals surface area contributed by atoms with Crippen molar-refractivity contribution >= 4 is 0 Å². The number of halogens is 2. The Morgan fingerprint density at radius 3 is 2.42 bits per heavy atom. The van der Waals surface area contributed by atoms with Crippen molar-refractivity contribution in [2.24, 2.45) is 0 Å². The van der Waals surface area contributed by atoms with Crippen molar-refractivity contribution in [3.05, 3.63) is 0 Å². The average Bonchev–Trinajstić information content (AvgIpc) is 1.98. The van der Waals surface area contributed by atoms with E-state index in [0.717, 1.165) is 6.92 Å². The minimum atomic E-state index is -2.79. The number of alkyl halides is 2. The molecule has 0 amide bonds. The second-order valence-corrected chi connectivity index (χ2v) is 2.70. The lowest BCUT2D eigenvalue weighted by atomic mass is 10.1. The Kier molecular flexibility index (Phi) is 5.28. The molecule has 0 spiro atoms. The molecule has 12 heavy (non-hydrogen) atoms. The summed E-state index contributed by atoms with van der Waals surface area (Å²) in [5.74, 6) is 0. The zero-order valence-corrected chi connectivity index (χ0v) is 7.22. The smallest absolute Gasteiger partial charge is 0.268 e. The Morgan fingerprint density at radius 2 is 2.00 bits per heavy atom. The number of methoxy groups -OCH3 is 1. The maximum absolute atomic E-state index is 12.0. The summed E-state index contributed by atoms with van der Waals surface area (Å²) >= 11 is 0. The SMILES string of the molecule is COCCOCC(C)(O)C(F)F. The molecule has 0 aliphatic heterocycles. The molecule has 0 rings (SSSR count). The van der Waals surface area contributed by atoms with Gasteiger partial charge in [-0.3, -0.25) is 0 Å². The average molecular weight is 184 g/mol. The van der Waals surface area contributed by atoms with Crippen LogP contribution in [0.15, 0.2) is 0 Å². The molecule has 0 fully saturated rings. The van der Waals surface area contributed by atoms with Gasteiger partial charge in [0.05, 0.1) is 19.8 Å². The van der Waals surface area contributed by atoms with Gasteiger partial charge in [0, 0.05) is 7.11 Å². The molecular formula is C7H14F2O3. The lowest BCUT2D eigenvalue weighted by molar-refractivity contribution is -0.128. The van der Waals surface area contributed by atoms with Gasteiger partial charge in [0.15, 0.2) is 0 Å². The number of rotatable bonds is 6. The van der Waals surface area contributed by atoms with E-state index in [9.17, 15) is 8.78 Å². The Morgan fingerprint density at radius 1 is 1.42 bits per heavy atom. The first-order chi connectivity index (χ1) is 5.50. The van der Waals surface area contributed by atoms with Crippen LogP contribution in [0.2, 0.25) is 0 Å². The fourth-order valence-corrected chi connectivity index (χ4v) is 0.484. The highest BCUT2D eigenvalue weighted by Crippen LogP contribution is 2.14. The van der Waals surface area contributed by atoms with Crippen molar-refractivity contribution in [2.45, 2.75) is 19.0 Å². The van der Waals surface area contributed by atoms with Gasteiger partial charge < -0.3 is 14.6 Å². The van der Waals surface area contributed by atoms with Crippen LogP contribution in [0, 0.1) is 0 Å². The molecule has 0 aromatic heterocycles. The Labute approximate surface area is 70.3 Å². The van der Waals surface area contributed by atoms with Crippen molar-refractivity contribution in [1.82, 2.24) is 0 Å². The normalized spacial score (nSPS) is 16.5. The standard InChI is InChI=1S/C7H14F2O3/c1-7(10,6(8)9)5-12-4-3-11-2/h6,10H,3-5H2,1-2H3. The van der Waals surface area contributed by atoms with E-state index in [-0.39, 0.29) is 13.2 Å². The van der Waals surface area contributed by atoms with Gasteiger partial charge in [-0.25, -0.2) is 8.78 Å². The third kappa shape index (κ3) is 4.58. The van der Waals surface area contributed by atoms with Crippen LogP contribution in [0.3, 0.4) is 0 Å². The molecule has 0 saturated carbocycles. The fourth-order valence-electron chi connectivity index (χ4n) is 0.484. The van der Waals surface area contributed by atoms with Crippen molar-refractivity contribution < 1.29 is 23.4 Å². The summed E-state index contributed by atoms with van der Waals surface area (Å²) in [6.45, 7) is 1.19. The van der Waals surface area contributed by atoms with Crippen LogP contribution in [0.25, 0.3) is 0 Å². The van der Waals surface area contributed by atoms with Crippen molar-refractivity contribution in [3.8, 4) is 0 Å². The predicted octanol–water partition coefficient (Wildman–Crippen LogP) is 0.666. The van der Waals surface area contributed by atoms with Gasteiger partial charge in [0.1, 0.15) is 5.60 Å².